The molecule has 4 nitrogen and oxygen atoms in total. The number of Topliss-reactive ketones (excluding diaryl/α,β-unsaturated/α-hetero) is 1. The predicted octanol–water partition coefficient (Wildman–Crippen LogP) is 0.926. The van der Waals surface area contributed by atoms with Crippen molar-refractivity contribution >= 4 is 28.2 Å². The molecule has 1 heterocycles. The molecule has 1 rings (SSSR count). The minimum absolute atomic E-state index is 0.0650. The van der Waals surface area contributed by atoms with E-state index < -0.39 is 11.1 Å². The number of rotatable bonds is 2. The van der Waals surface area contributed by atoms with Crippen molar-refractivity contribution in [1.82, 2.24) is 4.98 Å². The third kappa shape index (κ3) is 1.92. The highest BCUT2D eigenvalue weighted by Crippen LogP contribution is 2.12. The summed E-state index contributed by atoms with van der Waals surface area (Å²) in [5.41, 5.74) is 0.243. The molecule has 1 unspecified atom stereocenters. The SMILES string of the molecule is CC(=O)c1csc(S(=O)O)n1. The Labute approximate surface area is 69.6 Å². The first-order chi connectivity index (χ1) is 5.11. The fourth-order valence-electron chi connectivity index (χ4n) is 0.499. The minimum Gasteiger partial charge on any atom is -0.300 e. The fourth-order valence-corrected chi connectivity index (χ4v) is 1.73. The first-order valence-corrected chi connectivity index (χ1v) is 4.67. The number of aromatic nitrogens is 1. The summed E-state index contributed by atoms with van der Waals surface area (Å²) in [6.07, 6.45) is 0. The lowest BCUT2D eigenvalue weighted by Gasteiger charge is -1.83. The molecular formula is C5H5NO3S2. The minimum atomic E-state index is -2.07. The second-order valence-corrected chi connectivity index (χ2v) is 3.81. The lowest BCUT2D eigenvalue weighted by molar-refractivity contribution is 0.101. The monoisotopic (exact) mass is 191 g/mol. The molecular weight excluding hydrogens is 186 g/mol. The van der Waals surface area contributed by atoms with Crippen molar-refractivity contribution < 1.29 is 13.6 Å². The summed E-state index contributed by atoms with van der Waals surface area (Å²) >= 11 is -1.07. The van der Waals surface area contributed by atoms with Crippen molar-refractivity contribution in [2.24, 2.45) is 0 Å². The van der Waals surface area contributed by atoms with E-state index in [1.54, 1.807) is 0 Å². The van der Waals surface area contributed by atoms with E-state index >= 15 is 0 Å². The fraction of sp³-hybridized carbons (Fsp3) is 0.200. The highest BCUT2D eigenvalue weighted by molar-refractivity contribution is 7.81. The van der Waals surface area contributed by atoms with Crippen LogP contribution in [0.2, 0.25) is 0 Å². The Kier molecular flexibility index (Phi) is 2.48. The van der Waals surface area contributed by atoms with Crippen molar-refractivity contribution in [3.05, 3.63) is 11.1 Å². The summed E-state index contributed by atoms with van der Waals surface area (Å²) < 4.78 is 19.0. The third-order valence-electron chi connectivity index (χ3n) is 0.993. The van der Waals surface area contributed by atoms with Gasteiger partial charge in [-0.05, 0) is 0 Å². The summed E-state index contributed by atoms with van der Waals surface area (Å²) in [7, 11) is 0. The molecule has 0 fully saturated rings. The lowest BCUT2D eigenvalue weighted by Crippen LogP contribution is -1.93. The van der Waals surface area contributed by atoms with Gasteiger partial charge in [0.1, 0.15) is 5.69 Å². The van der Waals surface area contributed by atoms with Crippen LogP contribution in [-0.2, 0) is 11.1 Å². The molecule has 60 valence electrons. The summed E-state index contributed by atoms with van der Waals surface area (Å²) in [5.74, 6) is -0.196. The van der Waals surface area contributed by atoms with Crippen molar-refractivity contribution in [1.29, 1.82) is 0 Å². The number of hydrogen-bond acceptors (Lipinski definition) is 4. The van der Waals surface area contributed by atoms with Gasteiger partial charge < -0.3 is 4.55 Å². The van der Waals surface area contributed by atoms with Crippen LogP contribution < -0.4 is 0 Å². The van der Waals surface area contributed by atoms with Crippen LogP contribution in [0.25, 0.3) is 0 Å². The number of hydrogen-bond donors (Lipinski definition) is 1. The highest BCUT2D eigenvalue weighted by Gasteiger charge is 2.08. The van der Waals surface area contributed by atoms with Crippen LogP contribution in [0.5, 0.6) is 0 Å². The zero-order chi connectivity index (χ0) is 8.43. The largest absolute Gasteiger partial charge is 0.300 e. The van der Waals surface area contributed by atoms with Gasteiger partial charge in [0, 0.05) is 12.3 Å². The van der Waals surface area contributed by atoms with Crippen molar-refractivity contribution in [3.63, 3.8) is 0 Å². The molecule has 11 heavy (non-hydrogen) atoms. The third-order valence-corrected chi connectivity index (χ3v) is 2.73. The molecule has 0 aliphatic carbocycles. The van der Waals surface area contributed by atoms with Gasteiger partial charge in [-0.3, -0.25) is 4.79 Å². The highest BCUT2D eigenvalue weighted by atomic mass is 32.2. The molecule has 0 bridgehead atoms. The Hall–Kier alpha value is -0.590. The van der Waals surface area contributed by atoms with E-state index in [0.29, 0.717) is 0 Å². The molecule has 0 aliphatic rings. The molecule has 0 saturated carbocycles. The van der Waals surface area contributed by atoms with E-state index in [1.165, 1.54) is 12.3 Å². The second kappa shape index (κ2) is 3.21. The Bertz CT molecular complexity index is 278. The lowest BCUT2D eigenvalue weighted by atomic mass is 10.4. The zero-order valence-corrected chi connectivity index (χ0v) is 7.24. The first kappa shape index (κ1) is 8.51. The Morgan fingerprint density at radius 2 is 2.45 bits per heavy atom. The Balaban J connectivity index is 2.99. The maximum absolute atomic E-state index is 10.6. The van der Waals surface area contributed by atoms with E-state index in [1.807, 2.05) is 0 Å². The van der Waals surface area contributed by atoms with Crippen LogP contribution >= 0.6 is 11.3 Å². The average Bonchev–Trinajstić information content (AvgIpc) is 2.33. The number of nitrogens with zero attached hydrogens (tertiary/aromatic N) is 1. The maximum atomic E-state index is 10.6. The number of carbonyl (C=O) groups excluding carboxylic acids is 1. The van der Waals surface area contributed by atoms with Gasteiger partial charge in [0.05, 0.1) is 0 Å². The van der Waals surface area contributed by atoms with E-state index in [4.69, 9.17) is 4.55 Å². The number of carbonyl (C=O) groups is 1. The Morgan fingerprint density at radius 3 is 2.73 bits per heavy atom. The standard InChI is InChI=1S/C5H5NO3S2/c1-3(7)4-2-10-5(6-4)11(8)9/h2H,1H3,(H,8,9). The molecule has 0 saturated heterocycles. The zero-order valence-electron chi connectivity index (χ0n) is 5.60. The molecule has 6 heteroatoms. The van der Waals surface area contributed by atoms with Gasteiger partial charge in [0.25, 0.3) is 0 Å². The molecule has 1 N–H and O–H groups in total. The van der Waals surface area contributed by atoms with E-state index in [9.17, 15) is 9.00 Å². The molecule has 1 aromatic heterocycles. The number of ketones is 1. The molecule has 0 aliphatic heterocycles. The quantitative estimate of drug-likeness (QED) is 0.557. The van der Waals surface area contributed by atoms with Gasteiger partial charge in [-0.1, -0.05) is 0 Å². The smallest absolute Gasteiger partial charge is 0.216 e. The van der Waals surface area contributed by atoms with Crippen LogP contribution in [0, 0.1) is 0 Å². The van der Waals surface area contributed by atoms with E-state index in [0.717, 1.165) is 11.3 Å². The maximum Gasteiger partial charge on any atom is 0.216 e. The summed E-state index contributed by atoms with van der Waals surface area (Å²) in [4.78, 5) is 14.3. The van der Waals surface area contributed by atoms with Gasteiger partial charge in [0.15, 0.2) is 5.78 Å². The first-order valence-electron chi connectivity index (χ1n) is 2.68. The van der Waals surface area contributed by atoms with Gasteiger partial charge >= 0.3 is 0 Å². The summed E-state index contributed by atoms with van der Waals surface area (Å²) in [6, 6.07) is 0. The van der Waals surface area contributed by atoms with Crippen LogP contribution in [0.1, 0.15) is 17.4 Å². The summed E-state index contributed by atoms with van der Waals surface area (Å²) in [5, 5.41) is 1.46. The molecule has 0 spiro atoms. The van der Waals surface area contributed by atoms with Crippen molar-refractivity contribution in [2.75, 3.05) is 0 Å². The van der Waals surface area contributed by atoms with Crippen LogP contribution in [0.15, 0.2) is 9.72 Å². The van der Waals surface area contributed by atoms with E-state index in [-0.39, 0.29) is 15.8 Å². The van der Waals surface area contributed by atoms with Crippen LogP contribution in [-0.4, -0.2) is 19.5 Å². The van der Waals surface area contributed by atoms with Gasteiger partial charge in [-0.25, -0.2) is 9.19 Å². The number of thiazole rings is 1. The van der Waals surface area contributed by atoms with Crippen LogP contribution in [0.4, 0.5) is 0 Å². The molecule has 1 atom stereocenters. The summed E-state index contributed by atoms with van der Waals surface area (Å²) in [6.45, 7) is 1.36. The van der Waals surface area contributed by atoms with Crippen molar-refractivity contribution in [3.8, 4) is 0 Å². The van der Waals surface area contributed by atoms with Gasteiger partial charge in [-0.15, -0.1) is 11.3 Å². The van der Waals surface area contributed by atoms with Gasteiger partial charge in [0.2, 0.25) is 15.4 Å². The van der Waals surface area contributed by atoms with Crippen LogP contribution in [0.3, 0.4) is 0 Å². The topological polar surface area (TPSA) is 67.3 Å². The molecule has 1 aromatic rings. The predicted molar refractivity (Wildman–Crippen MR) is 41.2 cm³/mol. The molecule has 0 radical (unpaired) electrons. The molecule has 0 amide bonds. The van der Waals surface area contributed by atoms with Gasteiger partial charge in [-0.2, -0.15) is 0 Å². The Morgan fingerprint density at radius 1 is 1.82 bits per heavy atom. The van der Waals surface area contributed by atoms with Crippen molar-refractivity contribution in [2.45, 2.75) is 11.3 Å². The normalized spacial score (nSPS) is 12.9. The average molecular weight is 191 g/mol. The molecule has 0 aromatic carbocycles. The second-order valence-electron chi connectivity index (χ2n) is 1.80. The van der Waals surface area contributed by atoms with E-state index in [2.05, 4.69) is 4.98 Å².